The molecule has 11 rings (SSSR count). The van der Waals surface area contributed by atoms with E-state index >= 15 is 0 Å². The largest absolute Gasteiger partial charge is 0.340 e. The van der Waals surface area contributed by atoms with Gasteiger partial charge in [-0.25, -0.2) is 19.6 Å². The van der Waals surface area contributed by atoms with Crippen molar-refractivity contribution in [3.8, 4) is 23.7 Å². The van der Waals surface area contributed by atoms with Gasteiger partial charge in [0, 0.05) is 36.5 Å². The van der Waals surface area contributed by atoms with Crippen molar-refractivity contribution in [3.63, 3.8) is 0 Å². The fraction of sp³-hybridized carbons (Fsp3) is 0.800. The van der Waals surface area contributed by atoms with Gasteiger partial charge in [-0.2, -0.15) is 0 Å². The number of thiophene rings is 1. The Hall–Kier alpha value is -1.58. The molecule has 11 heteroatoms. The molecule has 0 unspecified atom stereocenters. The predicted molar refractivity (Wildman–Crippen MR) is 184 cm³/mol. The standard InChI is InChI=1S/C40H52O10S/c1-23-11-15-31-25(3)33(43-35-39(31)29(23)17-19-37(5,45-35)47-49-39)41-21-7-9-27-13-14-28(51-27)10-8-22-42-34-26(4)32-16-12-24(2)30-18-20-38(6)46-36(44-34)40(30,32)50-48-38/h13-14,23-26,29-36H,11-12,15-22H2,1-6H3/t23-,24-,25-,26-,29+,30+,31+,32+,33+,34+,35-,36-,37-,38-,39-,40-/m1/s1. The van der Waals surface area contributed by atoms with Crippen molar-refractivity contribution in [1.29, 1.82) is 0 Å². The Morgan fingerprint density at radius 3 is 1.53 bits per heavy atom. The Kier molecular flexibility index (Phi) is 8.98. The molecule has 0 amide bonds. The van der Waals surface area contributed by atoms with E-state index in [-0.39, 0.29) is 36.9 Å². The highest BCUT2D eigenvalue weighted by atomic mass is 32.1. The molecule has 1 aromatic rings. The molecule has 4 bridgehead atoms. The number of ether oxygens (including phenoxy) is 6. The minimum atomic E-state index is -0.801. The van der Waals surface area contributed by atoms with E-state index in [0.717, 1.165) is 61.1 Å². The number of rotatable bonds is 4. The Bertz CT molecular complexity index is 1500. The van der Waals surface area contributed by atoms with Gasteiger partial charge in [0.15, 0.2) is 36.4 Å². The van der Waals surface area contributed by atoms with Crippen molar-refractivity contribution >= 4 is 11.3 Å². The van der Waals surface area contributed by atoms with Crippen molar-refractivity contribution in [1.82, 2.24) is 0 Å². The van der Waals surface area contributed by atoms with Crippen molar-refractivity contribution < 1.29 is 48.0 Å². The van der Waals surface area contributed by atoms with E-state index in [4.69, 9.17) is 48.0 Å². The molecule has 0 aromatic carbocycles. The van der Waals surface area contributed by atoms with Gasteiger partial charge in [-0.1, -0.05) is 51.4 Å². The lowest BCUT2D eigenvalue weighted by Gasteiger charge is -2.60. The van der Waals surface area contributed by atoms with Crippen LogP contribution >= 0.6 is 11.3 Å². The summed E-state index contributed by atoms with van der Waals surface area (Å²) in [5, 5.41) is 0. The summed E-state index contributed by atoms with van der Waals surface area (Å²) in [6.45, 7) is 13.4. The van der Waals surface area contributed by atoms with E-state index in [1.165, 1.54) is 0 Å². The van der Waals surface area contributed by atoms with Crippen LogP contribution in [0.25, 0.3) is 0 Å². The highest BCUT2D eigenvalue weighted by molar-refractivity contribution is 7.13. The normalized spacial score (nSPS) is 50.8. The van der Waals surface area contributed by atoms with Crippen LogP contribution in [0.1, 0.15) is 103 Å². The van der Waals surface area contributed by atoms with Crippen LogP contribution in [0.5, 0.6) is 0 Å². The summed E-state index contributed by atoms with van der Waals surface area (Å²) in [6, 6.07) is 3.99. The van der Waals surface area contributed by atoms with Gasteiger partial charge in [-0.15, -0.1) is 11.3 Å². The summed E-state index contributed by atoms with van der Waals surface area (Å²) in [5.41, 5.74) is -1.18. The van der Waals surface area contributed by atoms with Crippen LogP contribution in [-0.2, 0) is 48.0 Å². The summed E-state index contributed by atoms with van der Waals surface area (Å²) < 4.78 is 38.4. The van der Waals surface area contributed by atoms with Crippen LogP contribution in [0.2, 0.25) is 0 Å². The van der Waals surface area contributed by atoms with Gasteiger partial charge in [0.1, 0.15) is 13.2 Å². The molecule has 51 heavy (non-hydrogen) atoms. The van der Waals surface area contributed by atoms with E-state index in [1.54, 1.807) is 11.3 Å². The quantitative estimate of drug-likeness (QED) is 0.241. The molecule has 2 saturated carbocycles. The third kappa shape index (κ3) is 5.69. The summed E-state index contributed by atoms with van der Waals surface area (Å²) in [7, 11) is 0. The van der Waals surface area contributed by atoms with Crippen LogP contribution in [-0.4, -0.2) is 61.2 Å². The minimum absolute atomic E-state index is 0.116. The summed E-state index contributed by atoms with van der Waals surface area (Å²) in [5.74, 6) is 13.6. The first-order chi connectivity index (χ1) is 24.5. The van der Waals surface area contributed by atoms with Gasteiger partial charge in [0.25, 0.3) is 0 Å². The summed E-state index contributed by atoms with van der Waals surface area (Å²) in [4.78, 5) is 26.2. The number of hydrogen-bond acceptors (Lipinski definition) is 11. The van der Waals surface area contributed by atoms with Gasteiger partial charge >= 0.3 is 0 Å². The lowest BCUT2D eigenvalue weighted by Crippen LogP contribution is -2.70. The van der Waals surface area contributed by atoms with Gasteiger partial charge < -0.3 is 28.4 Å². The SMILES string of the molecule is C[C@H]1[C@@H](OCC#Cc2ccc(C#CCO[C@H]3O[C@@H]4O[C@@]5(C)CC[C@H]6[C@H](C)CC[C@@H]([C@H]3C)[C@@]46OO5)s2)O[C@@H]2O[C@@]3(C)CC[C@H]4[C@H](C)CC[C@@H]1[C@@]24OO3. The summed E-state index contributed by atoms with van der Waals surface area (Å²) in [6.07, 6.45) is 6.08. The van der Waals surface area contributed by atoms with Crippen molar-refractivity contribution in [3.05, 3.63) is 21.9 Å². The third-order valence-electron chi connectivity index (χ3n) is 13.9. The van der Waals surface area contributed by atoms with Crippen LogP contribution in [0.4, 0.5) is 0 Å². The van der Waals surface area contributed by atoms with Crippen molar-refractivity contribution in [2.45, 2.75) is 141 Å². The summed E-state index contributed by atoms with van der Waals surface area (Å²) >= 11 is 1.56. The first kappa shape index (κ1) is 35.1. The van der Waals surface area contributed by atoms with Gasteiger partial charge in [0.2, 0.25) is 11.6 Å². The van der Waals surface area contributed by atoms with E-state index in [1.807, 2.05) is 26.0 Å². The second kappa shape index (κ2) is 13.0. The zero-order valence-electron chi connectivity index (χ0n) is 30.6. The molecular formula is C40H52O10S. The number of fused-ring (bicyclic) bond motifs is 4. The molecule has 9 heterocycles. The molecule has 2 spiro atoms. The maximum absolute atomic E-state index is 6.52. The van der Waals surface area contributed by atoms with Crippen molar-refractivity contribution in [2.75, 3.05) is 13.2 Å². The van der Waals surface area contributed by atoms with Crippen molar-refractivity contribution in [2.24, 2.45) is 47.3 Å². The first-order valence-corrected chi connectivity index (χ1v) is 20.1. The lowest BCUT2D eigenvalue weighted by atomic mass is 9.58. The van der Waals surface area contributed by atoms with Gasteiger partial charge in [-0.3, -0.25) is 0 Å². The van der Waals surface area contributed by atoms with E-state index in [2.05, 4.69) is 51.4 Å². The average molecular weight is 725 g/mol. The maximum Gasteiger partial charge on any atom is 0.201 e. The minimum Gasteiger partial charge on any atom is -0.340 e. The smallest absolute Gasteiger partial charge is 0.201 e. The highest BCUT2D eigenvalue weighted by Gasteiger charge is 2.71. The van der Waals surface area contributed by atoms with Gasteiger partial charge in [-0.05, 0) is 88.2 Å². The number of hydrogen-bond donors (Lipinski definition) is 0. The molecule has 0 radical (unpaired) electrons. The lowest BCUT2D eigenvalue weighted by molar-refractivity contribution is -0.577. The Morgan fingerprint density at radius 2 is 1.08 bits per heavy atom. The molecule has 8 saturated heterocycles. The van der Waals surface area contributed by atoms with E-state index in [0.29, 0.717) is 23.7 Å². The van der Waals surface area contributed by atoms with E-state index < -0.39 is 47.9 Å². The molecular weight excluding hydrogens is 672 g/mol. The molecule has 278 valence electrons. The van der Waals surface area contributed by atoms with E-state index in [9.17, 15) is 0 Å². The molecule has 8 aliphatic heterocycles. The topological polar surface area (TPSA) is 92.3 Å². The van der Waals surface area contributed by atoms with Crippen LogP contribution in [0.15, 0.2) is 12.1 Å². The molecule has 10 fully saturated rings. The average Bonchev–Trinajstić information content (AvgIpc) is 3.27. The zero-order chi connectivity index (χ0) is 35.2. The zero-order valence-corrected chi connectivity index (χ0v) is 31.5. The molecule has 0 N–H and O–H groups in total. The highest BCUT2D eigenvalue weighted by Crippen LogP contribution is 2.62. The Labute approximate surface area is 305 Å². The molecule has 10 nitrogen and oxygen atoms in total. The molecule has 2 aliphatic carbocycles. The monoisotopic (exact) mass is 724 g/mol. The Morgan fingerprint density at radius 1 is 0.627 bits per heavy atom. The molecule has 10 aliphatic rings. The third-order valence-corrected chi connectivity index (χ3v) is 14.8. The predicted octanol–water partition coefficient (Wildman–Crippen LogP) is 6.90. The second-order valence-corrected chi connectivity index (χ2v) is 18.0. The van der Waals surface area contributed by atoms with Crippen LogP contribution in [0.3, 0.4) is 0 Å². The fourth-order valence-electron chi connectivity index (χ4n) is 11.1. The van der Waals surface area contributed by atoms with Crippen LogP contribution in [0, 0.1) is 71.0 Å². The molecule has 1 aromatic heterocycles. The maximum atomic E-state index is 6.52. The second-order valence-electron chi connectivity index (χ2n) is 16.9. The fourth-order valence-corrected chi connectivity index (χ4v) is 11.8. The molecule has 16 atom stereocenters. The Balaban J connectivity index is 0.798. The van der Waals surface area contributed by atoms with Gasteiger partial charge in [0.05, 0.1) is 9.75 Å². The van der Waals surface area contributed by atoms with Crippen LogP contribution < -0.4 is 0 Å². The first-order valence-electron chi connectivity index (χ1n) is 19.2.